The summed E-state index contributed by atoms with van der Waals surface area (Å²) in [5.41, 5.74) is 0. The van der Waals surface area contributed by atoms with E-state index in [1.807, 2.05) is 14.1 Å². The zero-order chi connectivity index (χ0) is 16.4. The largest absolute Gasteiger partial charge is 0.339 e. The second-order valence-corrected chi connectivity index (χ2v) is 6.03. The van der Waals surface area contributed by atoms with Crippen molar-refractivity contribution >= 4 is 11.8 Å². The summed E-state index contributed by atoms with van der Waals surface area (Å²) in [4.78, 5) is 27.4. The molecule has 0 saturated carbocycles. The van der Waals surface area contributed by atoms with Gasteiger partial charge in [0.25, 0.3) is 0 Å². The van der Waals surface area contributed by atoms with Crippen LogP contribution in [0.2, 0.25) is 0 Å². The number of hydrogen-bond donors (Lipinski definition) is 2. The van der Waals surface area contributed by atoms with Gasteiger partial charge in [0.2, 0.25) is 11.8 Å². The van der Waals surface area contributed by atoms with Gasteiger partial charge in [0.1, 0.15) is 0 Å². The Morgan fingerprint density at radius 3 is 1.43 bits per heavy atom. The Morgan fingerprint density at radius 2 is 1.14 bits per heavy atom. The highest BCUT2D eigenvalue weighted by atomic mass is 16.2. The Labute approximate surface area is 129 Å². The zero-order valence-electron chi connectivity index (χ0n) is 14.4. The topological polar surface area (TPSA) is 64.7 Å². The molecule has 0 bridgehead atoms. The monoisotopic (exact) mass is 300 g/mol. The molecule has 2 N–H and O–H groups in total. The number of amides is 2. The summed E-state index contributed by atoms with van der Waals surface area (Å²) in [6.07, 6.45) is 0.890. The SMILES string of the molecule is CC(C)N(C)CCC(=O)NCNC(=O)CCN(C)C(C)C. The fourth-order valence-corrected chi connectivity index (χ4v) is 1.49. The highest BCUT2D eigenvalue weighted by molar-refractivity contribution is 5.78. The van der Waals surface area contributed by atoms with E-state index in [9.17, 15) is 9.59 Å². The van der Waals surface area contributed by atoms with Gasteiger partial charge in [-0.15, -0.1) is 0 Å². The van der Waals surface area contributed by atoms with Crippen LogP contribution in [-0.2, 0) is 9.59 Å². The lowest BCUT2D eigenvalue weighted by molar-refractivity contribution is -0.123. The predicted molar refractivity (Wildman–Crippen MR) is 85.9 cm³/mol. The van der Waals surface area contributed by atoms with Gasteiger partial charge in [-0.2, -0.15) is 0 Å². The third-order valence-electron chi connectivity index (χ3n) is 3.72. The molecule has 0 aliphatic heterocycles. The molecule has 0 radical (unpaired) electrons. The third-order valence-corrected chi connectivity index (χ3v) is 3.72. The molecule has 6 heteroatoms. The highest BCUT2D eigenvalue weighted by Crippen LogP contribution is 1.95. The standard InChI is InChI=1S/C15H32N4O2/c1-12(2)18(5)9-7-14(20)16-11-17-15(21)8-10-19(6)13(3)4/h12-13H,7-11H2,1-6H3,(H,16,20)(H,17,21). The van der Waals surface area contributed by atoms with Crippen molar-refractivity contribution in [3.63, 3.8) is 0 Å². The molecule has 0 rings (SSSR count). The van der Waals surface area contributed by atoms with Crippen LogP contribution >= 0.6 is 0 Å². The first-order valence-corrected chi connectivity index (χ1v) is 7.68. The average molecular weight is 300 g/mol. The number of hydrogen-bond acceptors (Lipinski definition) is 4. The Hall–Kier alpha value is -1.14. The molecule has 124 valence electrons. The Kier molecular flexibility index (Phi) is 9.99. The van der Waals surface area contributed by atoms with Gasteiger partial charge in [-0.1, -0.05) is 0 Å². The van der Waals surface area contributed by atoms with Gasteiger partial charge in [0.05, 0.1) is 6.67 Å². The van der Waals surface area contributed by atoms with Crippen molar-refractivity contribution in [1.82, 2.24) is 20.4 Å². The molecule has 0 aliphatic rings. The van der Waals surface area contributed by atoms with E-state index in [4.69, 9.17) is 0 Å². The van der Waals surface area contributed by atoms with E-state index in [-0.39, 0.29) is 18.5 Å². The summed E-state index contributed by atoms with van der Waals surface area (Å²) in [7, 11) is 3.98. The second kappa shape index (κ2) is 10.6. The van der Waals surface area contributed by atoms with Crippen LogP contribution in [0.1, 0.15) is 40.5 Å². The van der Waals surface area contributed by atoms with Crippen molar-refractivity contribution in [3.8, 4) is 0 Å². The molecule has 0 heterocycles. The van der Waals surface area contributed by atoms with Crippen molar-refractivity contribution in [1.29, 1.82) is 0 Å². The molecule has 0 aromatic heterocycles. The molecule has 0 aliphatic carbocycles. The lowest BCUT2D eigenvalue weighted by Gasteiger charge is -2.21. The maximum absolute atomic E-state index is 11.6. The Morgan fingerprint density at radius 1 is 0.810 bits per heavy atom. The van der Waals surface area contributed by atoms with Crippen LogP contribution in [0.15, 0.2) is 0 Å². The van der Waals surface area contributed by atoms with Gasteiger partial charge in [-0.3, -0.25) is 9.59 Å². The molecule has 0 aromatic carbocycles. The van der Waals surface area contributed by atoms with E-state index < -0.39 is 0 Å². The number of carbonyl (C=O) groups excluding carboxylic acids is 2. The molecule has 21 heavy (non-hydrogen) atoms. The minimum Gasteiger partial charge on any atom is -0.339 e. The van der Waals surface area contributed by atoms with Crippen LogP contribution in [0.4, 0.5) is 0 Å². The van der Waals surface area contributed by atoms with E-state index in [1.54, 1.807) is 0 Å². The molecule has 0 aromatic rings. The first-order chi connectivity index (χ1) is 9.73. The van der Waals surface area contributed by atoms with E-state index in [2.05, 4.69) is 48.1 Å². The van der Waals surface area contributed by atoms with Crippen LogP contribution < -0.4 is 10.6 Å². The lowest BCUT2D eigenvalue weighted by atomic mass is 10.3. The maximum atomic E-state index is 11.6. The van der Waals surface area contributed by atoms with Crippen LogP contribution in [0.5, 0.6) is 0 Å². The molecule has 0 fully saturated rings. The third kappa shape index (κ3) is 10.3. The van der Waals surface area contributed by atoms with E-state index in [0.29, 0.717) is 24.9 Å². The molecule has 0 atom stereocenters. The van der Waals surface area contributed by atoms with E-state index >= 15 is 0 Å². The van der Waals surface area contributed by atoms with Crippen LogP contribution in [-0.4, -0.2) is 67.6 Å². The maximum Gasteiger partial charge on any atom is 0.222 e. The summed E-state index contributed by atoms with van der Waals surface area (Å²) in [5.74, 6) is -0.0794. The van der Waals surface area contributed by atoms with Gasteiger partial charge >= 0.3 is 0 Å². The summed E-state index contributed by atoms with van der Waals surface area (Å²) < 4.78 is 0. The smallest absolute Gasteiger partial charge is 0.222 e. The first kappa shape index (κ1) is 19.9. The van der Waals surface area contributed by atoms with Crippen LogP contribution in [0.3, 0.4) is 0 Å². The van der Waals surface area contributed by atoms with Gasteiger partial charge in [-0.25, -0.2) is 0 Å². The average Bonchev–Trinajstić information content (AvgIpc) is 2.41. The van der Waals surface area contributed by atoms with Crippen molar-refractivity contribution in [2.45, 2.75) is 52.6 Å². The fraction of sp³-hybridized carbons (Fsp3) is 0.867. The fourth-order valence-electron chi connectivity index (χ4n) is 1.49. The minimum atomic E-state index is -0.0397. The molecular formula is C15H32N4O2. The normalized spacial score (nSPS) is 11.5. The molecular weight excluding hydrogens is 268 g/mol. The van der Waals surface area contributed by atoms with Crippen molar-refractivity contribution in [2.24, 2.45) is 0 Å². The van der Waals surface area contributed by atoms with Crippen molar-refractivity contribution in [2.75, 3.05) is 33.9 Å². The number of rotatable bonds is 10. The number of nitrogens with one attached hydrogen (secondary N) is 2. The number of carbonyl (C=O) groups is 2. The van der Waals surface area contributed by atoms with Crippen molar-refractivity contribution < 1.29 is 9.59 Å². The van der Waals surface area contributed by atoms with Crippen LogP contribution in [0.25, 0.3) is 0 Å². The zero-order valence-corrected chi connectivity index (χ0v) is 14.4. The van der Waals surface area contributed by atoms with Gasteiger partial charge in [0, 0.05) is 38.0 Å². The van der Waals surface area contributed by atoms with Gasteiger partial charge in [0.15, 0.2) is 0 Å². The quantitative estimate of drug-likeness (QED) is 0.581. The summed E-state index contributed by atoms with van der Waals surface area (Å²) >= 11 is 0. The van der Waals surface area contributed by atoms with Gasteiger partial charge in [-0.05, 0) is 41.8 Å². The Bertz CT molecular complexity index is 289. The summed E-state index contributed by atoms with van der Waals surface area (Å²) in [5, 5.41) is 5.41. The molecule has 6 nitrogen and oxygen atoms in total. The summed E-state index contributed by atoms with van der Waals surface area (Å²) in [6.45, 7) is 10.00. The van der Waals surface area contributed by atoms with E-state index in [0.717, 1.165) is 13.1 Å². The summed E-state index contributed by atoms with van der Waals surface area (Å²) in [6, 6.07) is 0.853. The van der Waals surface area contributed by atoms with Gasteiger partial charge < -0.3 is 20.4 Å². The van der Waals surface area contributed by atoms with Crippen LogP contribution in [0, 0.1) is 0 Å². The molecule has 0 spiro atoms. The lowest BCUT2D eigenvalue weighted by Crippen LogP contribution is -2.40. The minimum absolute atomic E-state index is 0.0397. The molecule has 0 saturated heterocycles. The second-order valence-electron chi connectivity index (χ2n) is 6.03. The molecule has 0 unspecified atom stereocenters. The van der Waals surface area contributed by atoms with Crippen molar-refractivity contribution in [3.05, 3.63) is 0 Å². The highest BCUT2D eigenvalue weighted by Gasteiger charge is 2.08. The Balaban J connectivity index is 3.69. The first-order valence-electron chi connectivity index (χ1n) is 7.68. The number of nitrogens with zero attached hydrogens (tertiary/aromatic N) is 2. The predicted octanol–water partition coefficient (Wildman–Crippen LogP) is 0.637. The van der Waals surface area contributed by atoms with E-state index in [1.165, 1.54) is 0 Å². The molecule has 2 amide bonds.